The van der Waals surface area contributed by atoms with Crippen LogP contribution in [0, 0.1) is 5.92 Å². The van der Waals surface area contributed by atoms with Crippen LogP contribution in [0.3, 0.4) is 0 Å². The van der Waals surface area contributed by atoms with Gasteiger partial charge in [0.05, 0.1) is 12.7 Å². The summed E-state index contributed by atoms with van der Waals surface area (Å²) in [5.41, 5.74) is 0. The highest BCUT2D eigenvalue weighted by atomic mass is 16.5. The first-order chi connectivity index (χ1) is 7.74. The van der Waals surface area contributed by atoms with Gasteiger partial charge in [-0.3, -0.25) is 0 Å². The Morgan fingerprint density at radius 2 is 2.12 bits per heavy atom. The maximum Gasteiger partial charge on any atom is 0.0593 e. The van der Waals surface area contributed by atoms with Crippen molar-refractivity contribution >= 4 is 0 Å². The lowest BCUT2D eigenvalue weighted by Gasteiger charge is -2.34. The Balaban J connectivity index is 1.97. The van der Waals surface area contributed by atoms with Crippen LogP contribution in [0.5, 0.6) is 0 Å². The summed E-state index contributed by atoms with van der Waals surface area (Å²) in [5, 5.41) is 9.59. The van der Waals surface area contributed by atoms with E-state index in [0.717, 1.165) is 52.3 Å². The molecule has 0 aromatic heterocycles. The van der Waals surface area contributed by atoms with E-state index in [2.05, 4.69) is 11.8 Å². The third-order valence-electron chi connectivity index (χ3n) is 3.13. The van der Waals surface area contributed by atoms with E-state index in [-0.39, 0.29) is 6.10 Å². The molecule has 0 aromatic rings. The molecule has 1 heterocycles. The number of rotatable bonds is 7. The molecule has 4 heteroatoms. The van der Waals surface area contributed by atoms with Gasteiger partial charge in [-0.1, -0.05) is 6.92 Å². The molecule has 16 heavy (non-hydrogen) atoms. The minimum Gasteiger partial charge on any atom is -0.393 e. The predicted molar refractivity (Wildman–Crippen MR) is 63.5 cm³/mol. The first-order valence-corrected chi connectivity index (χ1v) is 6.21. The average Bonchev–Trinajstić information content (AvgIpc) is 2.28. The summed E-state index contributed by atoms with van der Waals surface area (Å²) >= 11 is 0. The summed E-state index contributed by atoms with van der Waals surface area (Å²) in [5.74, 6) is 0.391. The van der Waals surface area contributed by atoms with E-state index in [4.69, 9.17) is 9.47 Å². The fourth-order valence-electron chi connectivity index (χ4n) is 2.02. The van der Waals surface area contributed by atoms with Gasteiger partial charge in [-0.05, 0) is 18.8 Å². The summed E-state index contributed by atoms with van der Waals surface area (Å²) < 4.78 is 10.5. The van der Waals surface area contributed by atoms with Crippen molar-refractivity contribution in [3.05, 3.63) is 0 Å². The SMILES string of the molecule is COCCCOCCN1CCC(O)C(C)C1. The van der Waals surface area contributed by atoms with Gasteiger partial charge in [0, 0.05) is 40.0 Å². The molecule has 1 saturated heterocycles. The van der Waals surface area contributed by atoms with Crippen molar-refractivity contribution in [1.82, 2.24) is 4.90 Å². The van der Waals surface area contributed by atoms with Gasteiger partial charge in [-0.15, -0.1) is 0 Å². The highest BCUT2D eigenvalue weighted by molar-refractivity contribution is 4.76. The van der Waals surface area contributed by atoms with Gasteiger partial charge in [-0.2, -0.15) is 0 Å². The molecule has 2 unspecified atom stereocenters. The van der Waals surface area contributed by atoms with Crippen LogP contribution in [0.15, 0.2) is 0 Å². The van der Waals surface area contributed by atoms with Crippen LogP contribution in [0.1, 0.15) is 19.8 Å². The van der Waals surface area contributed by atoms with E-state index in [1.165, 1.54) is 0 Å². The zero-order valence-electron chi connectivity index (χ0n) is 10.5. The second-order valence-corrected chi connectivity index (χ2v) is 4.59. The van der Waals surface area contributed by atoms with Crippen molar-refractivity contribution in [2.24, 2.45) is 5.92 Å². The van der Waals surface area contributed by atoms with Gasteiger partial charge in [0.25, 0.3) is 0 Å². The summed E-state index contributed by atoms with van der Waals surface area (Å²) in [6.45, 7) is 7.40. The Labute approximate surface area is 98.5 Å². The van der Waals surface area contributed by atoms with Gasteiger partial charge in [0.15, 0.2) is 0 Å². The van der Waals surface area contributed by atoms with E-state index in [0.29, 0.717) is 5.92 Å². The smallest absolute Gasteiger partial charge is 0.0593 e. The third kappa shape index (κ3) is 5.25. The van der Waals surface area contributed by atoms with Crippen LogP contribution in [-0.4, -0.2) is 62.7 Å². The van der Waals surface area contributed by atoms with Crippen LogP contribution < -0.4 is 0 Å². The Morgan fingerprint density at radius 1 is 1.31 bits per heavy atom. The molecule has 0 bridgehead atoms. The number of hydrogen-bond acceptors (Lipinski definition) is 4. The minimum absolute atomic E-state index is 0.112. The summed E-state index contributed by atoms with van der Waals surface area (Å²) in [6, 6.07) is 0. The lowest BCUT2D eigenvalue weighted by Crippen LogP contribution is -2.43. The molecule has 96 valence electrons. The van der Waals surface area contributed by atoms with Crippen LogP contribution in [0.25, 0.3) is 0 Å². The summed E-state index contributed by atoms with van der Waals surface area (Å²) in [4.78, 5) is 2.37. The number of methoxy groups -OCH3 is 1. The van der Waals surface area contributed by atoms with Crippen LogP contribution in [0.4, 0.5) is 0 Å². The van der Waals surface area contributed by atoms with Gasteiger partial charge < -0.3 is 19.5 Å². The van der Waals surface area contributed by atoms with Crippen molar-refractivity contribution in [3.8, 4) is 0 Å². The standard InChI is InChI=1S/C12H25NO3/c1-11-10-13(5-4-12(11)14)6-9-16-8-3-7-15-2/h11-12,14H,3-10H2,1-2H3. The molecule has 0 spiro atoms. The Kier molecular flexibility index (Phi) is 6.96. The molecule has 4 nitrogen and oxygen atoms in total. The Bertz CT molecular complexity index is 178. The fraction of sp³-hybridized carbons (Fsp3) is 1.00. The van der Waals surface area contributed by atoms with E-state index >= 15 is 0 Å². The van der Waals surface area contributed by atoms with Gasteiger partial charge in [-0.25, -0.2) is 0 Å². The summed E-state index contributed by atoms with van der Waals surface area (Å²) in [6.07, 6.45) is 1.75. The van der Waals surface area contributed by atoms with E-state index in [1.54, 1.807) is 7.11 Å². The molecule has 0 aliphatic carbocycles. The monoisotopic (exact) mass is 231 g/mol. The van der Waals surface area contributed by atoms with Crippen molar-refractivity contribution in [3.63, 3.8) is 0 Å². The molecule has 0 radical (unpaired) electrons. The zero-order chi connectivity index (χ0) is 11.8. The first kappa shape index (κ1) is 13.9. The quantitative estimate of drug-likeness (QED) is 0.656. The number of hydrogen-bond donors (Lipinski definition) is 1. The first-order valence-electron chi connectivity index (χ1n) is 6.21. The highest BCUT2D eigenvalue weighted by Gasteiger charge is 2.23. The molecule has 0 amide bonds. The number of piperidine rings is 1. The maximum atomic E-state index is 9.59. The molecular formula is C12H25NO3. The number of aliphatic hydroxyl groups is 1. The van der Waals surface area contributed by atoms with Crippen molar-refractivity contribution in [2.75, 3.05) is 46.6 Å². The molecule has 2 atom stereocenters. The molecule has 1 aliphatic rings. The molecule has 0 aromatic carbocycles. The highest BCUT2D eigenvalue weighted by Crippen LogP contribution is 2.15. The lowest BCUT2D eigenvalue weighted by molar-refractivity contribution is 0.0184. The minimum atomic E-state index is -0.112. The molecule has 1 rings (SSSR count). The maximum absolute atomic E-state index is 9.59. The fourth-order valence-corrected chi connectivity index (χ4v) is 2.02. The number of likely N-dealkylation sites (tertiary alicyclic amines) is 1. The van der Waals surface area contributed by atoms with E-state index in [1.807, 2.05) is 0 Å². The van der Waals surface area contributed by atoms with E-state index in [9.17, 15) is 5.11 Å². The van der Waals surface area contributed by atoms with Crippen molar-refractivity contribution in [2.45, 2.75) is 25.9 Å². The average molecular weight is 231 g/mol. The predicted octanol–water partition coefficient (Wildman–Crippen LogP) is 0.742. The molecule has 0 saturated carbocycles. The molecule has 1 N–H and O–H groups in total. The molecule has 1 aliphatic heterocycles. The van der Waals surface area contributed by atoms with Crippen molar-refractivity contribution < 1.29 is 14.6 Å². The van der Waals surface area contributed by atoms with Gasteiger partial charge in [0.1, 0.15) is 0 Å². The second-order valence-electron chi connectivity index (χ2n) is 4.59. The van der Waals surface area contributed by atoms with Crippen LogP contribution in [0.2, 0.25) is 0 Å². The zero-order valence-corrected chi connectivity index (χ0v) is 10.5. The number of nitrogens with zero attached hydrogens (tertiary/aromatic N) is 1. The third-order valence-corrected chi connectivity index (χ3v) is 3.13. The van der Waals surface area contributed by atoms with E-state index < -0.39 is 0 Å². The molecule has 1 fully saturated rings. The molecular weight excluding hydrogens is 206 g/mol. The Morgan fingerprint density at radius 3 is 2.81 bits per heavy atom. The topological polar surface area (TPSA) is 41.9 Å². The largest absolute Gasteiger partial charge is 0.393 e. The van der Waals surface area contributed by atoms with Crippen LogP contribution >= 0.6 is 0 Å². The van der Waals surface area contributed by atoms with Gasteiger partial charge >= 0.3 is 0 Å². The Hall–Kier alpha value is -0.160. The summed E-state index contributed by atoms with van der Waals surface area (Å²) in [7, 11) is 1.71. The number of aliphatic hydroxyl groups excluding tert-OH is 1. The lowest BCUT2D eigenvalue weighted by atomic mass is 9.97. The van der Waals surface area contributed by atoms with Crippen molar-refractivity contribution in [1.29, 1.82) is 0 Å². The van der Waals surface area contributed by atoms with Gasteiger partial charge in [0.2, 0.25) is 0 Å². The second kappa shape index (κ2) is 8.01. The number of ether oxygens (including phenoxy) is 2. The normalized spacial score (nSPS) is 27.2. The van der Waals surface area contributed by atoms with Crippen LogP contribution in [-0.2, 0) is 9.47 Å².